The van der Waals surface area contributed by atoms with Gasteiger partial charge in [0.05, 0.1) is 22.4 Å². The Bertz CT molecular complexity index is 2660. The van der Waals surface area contributed by atoms with E-state index in [1.54, 1.807) is 0 Å². The number of rotatable bonds is 4. The number of hydrogen-bond acceptors (Lipinski definition) is 4. The Kier molecular flexibility index (Phi) is 6.74. The Morgan fingerprint density at radius 2 is 1.02 bits per heavy atom. The minimum atomic E-state index is -0.654. The largest absolute Gasteiger partial charge is 0.455 e. The molecule has 1 atom stereocenters. The van der Waals surface area contributed by atoms with Crippen molar-refractivity contribution in [1.29, 1.82) is 5.26 Å². The highest BCUT2D eigenvalue weighted by atomic mass is 16.5. The van der Waals surface area contributed by atoms with E-state index in [4.69, 9.17) is 14.7 Å². The molecule has 0 radical (unpaired) electrons. The van der Waals surface area contributed by atoms with Gasteiger partial charge in [-0.1, -0.05) is 158 Å². The van der Waals surface area contributed by atoms with Gasteiger partial charge in [0.15, 0.2) is 5.82 Å². The highest BCUT2D eigenvalue weighted by molar-refractivity contribution is 5.97. The summed E-state index contributed by atoms with van der Waals surface area (Å²) < 4.78 is 6.53. The first-order valence-corrected chi connectivity index (χ1v) is 17.4. The Balaban J connectivity index is 1.15. The van der Waals surface area contributed by atoms with Crippen LogP contribution in [0.15, 0.2) is 176 Å². The first-order chi connectivity index (χ1) is 25.7. The standard InChI is InChI=1S/C48H29N3O/c49-30-35-17-11-23-41-46(35)52-44-24-10-9-21-39(44)48(41)38-20-8-7-18-37(38)45-36(19-12-22-40(45)48)31-25-27-34(28-26-31)47-50-42(32-13-3-1-4-14-32)29-43(51-47)33-15-5-2-6-16-33/h1-29H. The fourth-order valence-corrected chi connectivity index (χ4v) is 8.19. The third-order valence-electron chi connectivity index (χ3n) is 10.4. The Morgan fingerprint density at radius 3 is 1.73 bits per heavy atom. The van der Waals surface area contributed by atoms with Gasteiger partial charge in [-0.05, 0) is 51.6 Å². The van der Waals surface area contributed by atoms with Gasteiger partial charge in [0.25, 0.3) is 0 Å². The third kappa shape index (κ3) is 4.40. The minimum Gasteiger partial charge on any atom is -0.455 e. The van der Waals surface area contributed by atoms with Gasteiger partial charge in [-0.15, -0.1) is 0 Å². The van der Waals surface area contributed by atoms with Crippen LogP contribution in [0.4, 0.5) is 0 Å². The number of para-hydroxylation sites is 2. The van der Waals surface area contributed by atoms with E-state index >= 15 is 0 Å². The molecule has 0 saturated heterocycles. The maximum Gasteiger partial charge on any atom is 0.160 e. The summed E-state index contributed by atoms with van der Waals surface area (Å²) >= 11 is 0. The van der Waals surface area contributed by atoms with Crippen LogP contribution in [0, 0.1) is 11.3 Å². The lowest BCUT2D eigenvalue weighted by Crippen LogP contribution is -2.32. The van der Waals surface area contributed by atoms with E-state index in [1.165, 1.54) is 22.3 Å². The fraction of sp³-hybridized carbons (Fsp3) is 0.0208. The molecule has 2 aliphatic rings. The van der Waals surface area contributed by atoms with Crippen molar-refractivity contribution in [2.75, 3.05) is 0 Å². The van der Waals surface area contributed by atoms with Crippen molar-refractivity contribution in [2.45, 2.75) is 5.41 Å². The zero-order chi connectivity index (χ0) is 34.6. The second kappa shape index (κ2) is 11.8. The summed E-state index contributed by atoms with van der Waals surface area (Å²) in [7, 11) is 0. The van der Waals surface area contributed by atoms with E-state index in [0.717, 1.165) is 56.1 Å². The van der Waals surface area contributed by atoms with E-state index in [-0.39, 0.29) is 0 Å². The molecule has 4 heteroatoms. The summed E-state index contributed by atoms with van der Waals surface area (Å²) in [6.07, 6.45) is 0. The Morgan fingerprint density at radius 1 is 0.462 bits per heavy atom. The number of fused-ring (bicyclic) bond motifs is 9. The molecule has 10 rings (SSSR count). The van der Waals surface area contributed by atoms with Gasteiger partial charge in [-0.25, -0.2) is 9.97 Å². The molecule has 242 valence electrons. The molecule has 1 unspecified atom stereocenters. The van der Waals surface area contributed by atoms with Crippen LogP contribution in [0.3, 0.4) is 0 Å². The zero-order valence-electron chi connectivity index (χ0n) is 28.0. The quantitative estimate of drug-likeness (QED) is 0.188. The molecule has 4 nitrogen and oxygen atoms in total. The predicted molar refractivity (Wildman–Crippen MR) is 206 cm³/mol. The molecule has 1 spiro atoms. The molecule has 0 saturated carbocycles. The maximum atomic E-state index is 10.2. The summed E-state index contributed by atoms with van der Waals surface area (Å²) in [6.45, 7) is 0. The van der Waals surface area contributed by atoms with Crippen molar-refractivity contribution in [3.05, 3.63) is 204 Å². The van der Waals surface area contributed by atoms with E-state index in [9.17, 15) is 5.26 Å². The van der Waals surface area contributed by atoms with Gasteiger partial charge >= 0.3 is 0 Å². The smallest absolute Gasteiger partial charge is 0.160 e. The first kappa shape index (κ1) is 29.8. The number of hydrogen-bond donors (Lipinski definition) is 0. The van der Waals surface area contributed by atoms with Gasteiger partial charge in [-0.3, -0.25) is 0 Å². The Hall–Kier alpha value is -7.09. The van der Waals surface area contributed by atoms with Crippen LogP contribution in [-0.4, -0.2) is 9.97 Å². The van der Waals surface area contributed by atoms with E-state index < -0.39 is 5.41 Å². The van der Waals surface area contributed by atoms with Crippen molar-refractivity contribution < 1.29 is 4.74 Å². The lowest BCUT2D eigenvalue weighted by atomic mass is 9.65. The number of nitrogens with zero attached hydrogens (tertiary/aromatic N) is 3. The lowest BCUT2D eigenvalue weighted by molar-refractivity contribution is 0.435. The number of nitriles is 1. The molecule has 1 aliphatic carbocycles. The molecule has 52 heavy (non-hydrogen) atoms. The first-order valence-electron chi connectivity index (χ1n) is 17.4. The molecule has 0 amide bonds. The van der Waals surface area contributed by atoms with Crippen molar-refractivity contribution in [3.8, 4) is 73.7 Å². The summed E-state index contributed by atoms with van der Waals surface area (Å²) in [4.78, 5) is 10.1. The molecule has 1 aliphatic heterocycles. The van der Waals surface area contributed by atoms with Crippen molar-refractivity contribution >= 4 is 0 Å². The number of ether oxygens (including phenoxy) is 1. The zero-order valence-corrected chi connectivity index (χ0v) is 28.0. The van der Waals surface area contributed by atoms with Gasteiger partial charge in [-0.2, -0.15) is 5.26 Å². The highest BCUT2D eigenvalue weighted by Crippen LogP contribution is 2.63. The van der Waals surface area contributed by atoms with Crippen LogP contribution >= 0.6 is 0 Å². The van der Waals surface area contributed by atoms with Crippen molar-refractivity contribution in [1.82, 2.24) is 9.97 Å². The monoisotopic (exact) mass is 663 g/mol. The second-order valence-corrected chi connectivity index (χ2v) is 13.2. The lowest BCUT2D eigenvalue weighted by Gasteiger charge is -2.39. The summed E-state index contributed by atoms with van der Waals surface area (Å²) in [5.74, 6) is 2.06. The molecule has 0 N–H and O–H groups in total. The third-order valence-corrected chi connectivity index (χ3v) is 10.4. The van der Waals surface area contributed by atoms with Crippen LogP contribution in [0.1, 0.15) is 27.8 Å². The van der Waals surface area contributed by atoms with Crippen LogP contribution in [0.25, 0.3) is 56.2 Å². The molecule has 0 fully saturated rings. The van der Waals surface area contributed by atoms with E-state index in [0.29, 0.717) is 17.1 Å². The molecular formula is C48H29N3O. The average molecular weight is 664 g/mol. The van der Waals surface area contributed by atoms with Gasteiger partial charge < -0.3 is 4.74 Å². The molecule has 7 aromatic carbocycles. The topological polar surface area (TPSA) is 58.8 Å². The normalized spacial score (nSPS) is 14.8. The van der Waals surface area contributed by atoms with E-state index in [1.807, 2.05) is 60.7 Å². The second-order valence-electron chi connectivity index (χ2n) is 13.2. The summed E-state index contributed by atoms with van der Waals surface area (Å²) in [6, 6.07) is 63.0. The van der Waals surface area contributed by atoms with Gasteiger partial charge in [0.2, 0.25) is 0 Å². The van der Waals surface area contributed by atoms with Crippen molar-refractivity contribution in [2.24, 2.45) is 0 Å². The Labute approximate surface area is 301 Å². The fourth-order valence-electron chi connectivity index (χ4n) is 8.19. The van der Waals surface area contributed by atoms with Crippen LogP contribution in [0.5, 0.6) is 11.5 Å². The predicted octanol–water partition coefficient (Wildman–Crippen LogP) is 11.5. The number of aromatic nitrogens is 2. The SMILES string of the molecule is N#Cc1cccc2c1Oc1ccccc1C21c2ccccc2-c2c(-c3ccc(-c4nc(-c5ccccc5)cc(-c5ccccc5)n4)cc3)cccc21. The molecular weight excluding hydrogens is 635 g/mol. The molecule has 0 bridgehead atoms. The van der Waals surface area contributed by atoms with Crippen LogP contribution < -0.4 is 4.74 Å². The number of benzene rings is 7. The van der Waals surface area contributed by atoms with Crippen LogP contribution in [-0.2, 0) is 5.41 Å². The van der Waals surface area contributed by atoms with E-state index in [2.05, 4.69) is 121 Å². The summed E-state index contributed by atoms with van der Waals surface area (Å²) in [5, 5.41) is 10.2. The van der Waals surface area contributed by atoms with Gasteiger partial charge in [0.1, 0.15) is 17.6 Å². The molecule has 1 aromatic heterocycles. The maximum absolute atomic E-state index is 10.2. The molecule has 8 aromatic rings. The minimum absolute atomic E-state index is 0.526. The average Bonchev–Trinajstić information content (AvgIpc) is 3.52. The summed E-state index contributed by atoms with van der Waals surface area (Å²) in [5.41, 5.74) is 13.7. The van der Waals surface area contributed by atoms with Crippen molar-refractivity contribution in [3.63, 3.8) is 0 Å². The molecule has 2 heterocycles. The van der Waals surface area contributed by atoms with Crippen LogP contribution in [0.2, 0.25) is 0 Å². The van der Waals surface area contributed by atoms with Gasteiger partial charge in [0, 0.05) is 27.8 Å². The highest BCUT2D eigenvalue weighted by Gasteiger charge is 2.52.